The maximum absolute atomic E-state index is 12.9. The van der Waals surface area contributed by atoms with E-state index in [1.165, 1.54) is 18.2 Å². The summed E-state index contributed by atoms with van der Waals surface area (Å²) in [5, 5.41) is 2.47. The van der Waals surface area contributed by atoms with Gasteiger partial charge in [-0.15, -0.1) is 0 Å². The zero-order chi connectivity index (χ0) is 14.7. The molecule has 0 bridgehead atoms. The van der Waals surface area contributed by atoms with E-state index < -0.39 is 26.3 Å². The van der Waals surface area contributed by atoms with Crippen LogP contribution in [0, 0.1) is 5.82 Å². The van der Waals surface area contributed by atoms with Crippen LogP contribution in [-0.4, -0.2) is 31.4 Å². The Balaban J connectivity index is 2.58. The van der Waals surface area contributed by atoms with Gasteiger partial charge in [-0.25, -0.2) is 12.8 Å². The average molecular weight is 287 g/mol. The molecule has 6 heteroatoms. The summed E-state index contributed by atoms with van der Waals surface area (Å²) in [4.78, 5) is 11.7. The van der Waals surface area contributed by atoms with Crippen molar-refractivity contribution in [3.63, 3.8) is 0 Å². The lowest BCUT2D eigenvalue weighted by atomic mass is 10.2. The van der Waals surface area contributed by atoms with Crippen molar-refractivity contribution in [3.8, 4) is 0 Å². The molecule has 19 heavy (non-hydrogen) atoms. The third-order valence-corrected chi connectivity index (χ3v) is 5.28. The number of sulfone groups is 1. The van der Waals surface area contributed by atoms with Gasteiger partial charge in [0.25, 0.3) is 5.91 Å². The molecular weight excluding hydrogens is 269 g/mol. The van der Waals surface area contributed by atoms with Crippen molar-refractivity contribution in [2.45, 2.75) is 25.5 Å². The van der Waals surface area contributed by atoms with Crippen molar-refractivity contribution < 1.29 is 17.6 Å². The van der Waals surface area contributed by atoms with Crippen LogP contribution in [0.4, 0.5) is 4.39 Å². The summed E-state index contributed by atoms with van der Waals surface area (Å²) >= 11 is 0. The summed E-state index contributed by atoms with van der Waals surface area (Å²) < 4.78 is 35.7. The van der Waals surface area contributed by atoms with E-state index in [4.69, 9.17) is 0 Å². The van der Waals surface area contributed by atoms with Gasteiger partial charge in [-0.2, -0.15) is 0 Å². The highest BCUT2D eigenvalue weighted by Crippen LogP contribution is 2.15. The molecule has 0 atom stereocenters. The number of carbonyl (C=O) groups is 1. The molecule has 106 valence electrons. The van der Waals surface area contributed by atoms with Crippen LogP contribution in [0.5, 0.6) is 0 Å². The van der Waals surface area contributed by atoms with Crippen LogP contribution in [-0.2, 0) is 9.84 Å². The lowest BCUT2D eigenvalue weighted by Gasteiger charge is -2.19. The predicted molar refractivity (Wildman–Crippen MR) is 72.3 cm³/mol. The molecule has 0 aliphatic heterocycles. The molecule has 1 N–H and O–H groups in total. The van der Waals surface area contributed by atoms with E-state index in [-0.39, 0.29) is 17.9 Å². The van der Waals surface area contributed by atoms with Crippen LogP contribution in [0.2, 0.25) is 0 Å². The Bertz CT molecular complexity index is 561. The van der Waals surface area contributed by atoms with Crippen molar-refractivity contribution in [2.24, 2.45) is 0 Å². The maximum Gasteiger partial charge on any atom is 0.251 e. The van der Waals surface area contributed by atoms with Crippen molar-refractivity contribution >= 4 is 15.7 Å². The lowest BCUT2D eigenvalue weighted by molar-refractivity contribution is 0.0955. The molecule has 1 aromatic carbocycles. The summed E-state index contributed by atoms with van der Waals surface area (Å²) in [5.74, 6) is -1.13. The molecule has 0 fully saturated rings. The first-order chi connectivity index (χ1) is 8.63. The van der Waals surface area contributed by atoms with Gasteiger partial charge in [0, 0.05) is 12.1 Å². The fraction of sp³-hybridized carbons (Fsp3) is 0.462. The summed E-state index contributed by atoms with van der Waals surface area (Å²) in [5.41, 5.74) is 0.174. The highest BCUT2D eigenvalue weighted by Gasteiger charge is 2.28. The summed E-state index contributed by atoms with van der Waals surface area (Å²) in [7, 11) is -3.27. The standard InChI is InChI=1S/C13H18FNO3S/c1-13(2,3)19(17,18)8-7-15-12(16)10-5-4-6-11(14)9-10/h4-6,9H,7-8H2,1-3H3,(H,15,16). The molecule has 1 amide bonds. The maximum atomic E-state index is 12.9. The van der Waals surface area contributed by atoms with Gasteiger partial charge in [-0.1, -0.05) is 6.07 Å². The van der Waals surface area contributed by atoms with Crippen LogP contribution >= 0.6 is 0 Å². The molecule has 0 aromatic heterocycles. The van der Waals surface area contributed by atoms with E-state index in [0.29, 0.717) is 0 Å². The molecule has 0 spiro atoms. The zero-order valence-corrected chi connectivity index (χ0v) is 12.1. The number of halogens is 1. The van der Waals surface area contributed by atoms with E-state index >= 15 is 0 Å². The molecule has 0 saturated carbocycles. The van der Waals surface area contributed by atoms with E-state index in [9.17, 15) is 17.6 Å². The van der Waals surface area contributed by atoms with Crippen LogP contribution < -0.4 is 5.32 Å². The van der Waals surface area contributed by atoms with E-state index in [0.717, 1.165) is 6.07 Å². The third-order valence-electron chi connectivity index (χ3n) is 2.68. The van der Waals surface area contributed by atoms with Crippen molar-refractivity contribution in [1.29, 1.82) is 0 Å². The molecule has 1 aromatic rings. The van der Waals surface area contributed by atoms with Crippen LogP contribution in [0.25, 0.3) is 0 Å². The monoisotopic (exact) mass is 287 g/mol. The normalized spacial score (nSPS) is 12.2. The molecule has 4 nitrogen and oxygen atoms in total. The number of rotatable bonds is 4. The van der Waals surface area contributed by atoms with Gasteiger partial charge in [0.1, 0.15) is 5.82 Å². The Morgan fingerprint density at radius 1 is 1.32 bits per heavy atom. The average Bonchev–Trinajstić information content (AvgIpc) is 2.27. The minimum absolute atomic E-state index is 0.00888. The first-order valence-corrected chi connectivity index (χ1v) is 7.55. The fourth-order valence-corrected chi connectivity index (χ4v) is 2.32. The zero-order valence-electron chi connectivity index (χ0n) is 11.2. The van der Waals surface area contributed by atoms with Crippen LogP contribution in [0.15, 0.2) is 24.3 Å². The predicted octanol–water partition coefficient (Wildman–Crippen LogP) is 1.77. The second-order valence-corrected chi connectivity index (χ2v) is 8.06. The van der Waals surface area contributed by atoms with Gasteiger partial charge in [0.05, 0.1) is 10.5 Å². The van der Waals surface area contributed by atoms with Gasteiger partial charge in [0.15, 0.2) is 9.84 Å². The fourth-order valence-electron chi connectivity index (χ4n) is 1.34. The van der Waals surface area contributed by atoms with Gasteiger partial charge < -0.3 is 5.32 Å². The first-order valence-electron chi connectivity index (χ1n) is 5.89. The molecule has 0 aliphatic rings. The Hall–Kier alpha value is -1.43. The van der Waals surface area contributed by atoms with Crippen molar-refractivity contribution in [2.75, 3.05) is 12.3 Å². The van der Waals surface area contributed by atoms with Crippen molar-refractivity contribution in [1.82, 2.24) is 5.32 Å². The quantitative estimate of drug-likeness (QED) is 0.918. The number of hydrogen-bond donors (Lipinski definition) is 1. The summed E-state index contributed by atoms with van der Waals surface area (Å²) in [6.45, 7) is 4.83. The van der Waals surface area contributed by atoms with Gasteiger partial charge in [0.2, 0.25) is 0 Å². The van der Waals surface area contributed by atoms with Crippen LogP contribution in [0.1, 0.15) is 31.1 Å². The molecule has 0 radical (unpaired) electrons. The molecule has 0 saturated heterocycles. The number of nitrogens with one attached hydrogen (secondary N) is 1. The molecule has 0 aliphatic carbocycles. The third kappa shape index (κ3) is 4.31. The van der Waals surface area contributed by atoms with E-state index in [2.05, 4.69) is 5.32 Å². The molecule has 0 heterocycles. The second kappa shape index (κ2) is 5.69. The van der Waals surface area contributed by atoms with Crippen molar-refractivity contribution in [3.05, 3.63) is 35.6 Å². The number of amides is 1. The van der Waals surface area contributed by atoms with Gasteiger partial charge in [-0.3, -0.25) is 4.79 Å². The largest absolute Gasteiger partial charge is 0.351 e. The molecular formula is C13H18FNO3S. The summed E-state index contributed by atoms with van der Waals surface area (Å²) in [6.07, 6.45) is 0. The Kier molecular flexibility index (Phi) is 4.68. The SMILES string of the molecule is CC(C)(C)S(=O)(=O)CCNC(=O)c1cccc(F)c1. The molecule has 0 unspecified atom stereocenters. The van der Waals surface area contributed by atoms with Gasteiger partial charge >= 0.3 is 0 Å². The highest BCUT2D eigenvalue weighted by atomic mass is 32.2. The first kappa shape index (κ1) is 15.6. The number of benzene rings is 1. The number of carbonyl (C=O) groups excluding carboxylic acids is 1. The van der Waals surface area contributed by atoms with Crippen LogP contribution in [0.3, 0.4) is 0 Å². The topological polar surface area (TPSA) is 63.2 Å². The Morgan fingerprint density at radius 3 is 2.47 bits per heavy atom. The Morgan fingerprint density at radius 2 is 1.95 bits per heavy atom. The minimum atomic E-state index is -3.27. The smallest absolute Gasteiger partial charge is 0.251 e. The highest BCUT2D eigenvalue weighted by molar-refractivity contribution is 7.92. The minimum Gasteiger partial charge on any atom is -0.351 e. The van der Waals surface area contributed by atoms with Gasteiger partial charge in [-0.05, 0) is 39.0 Å². The summed E-state index contributed by atoms with van der Waals surface area (Å²) in [6, 6.07) is 5.24. The molecule has 1 rings (SSSR count). The van der Waals surface area contributed by atoms with E-state index in [1.54, 1.807) is 20.8 Å². The lowest BCUT2D eigenvalue weighted by Crippen LogP contribution is -2.36. The Labute approximate surface area is 112 Å². The number of hydrogen-bond acceptors (Lipinski definition) is 3. The van der Waals surface area contributed by atoms with E-state index in [1.807, 2.05) is 0 Å². The second-order valence-electron chi connectivity index (χ2n) is 5.20.